The van der Waals surface area contributed by atoms with E-state index in [9.17, 15) is 4.79 Å². The van der Waals surface area contributed by atoms with Gasteiger partial charge in [0.25, 0.3) is 0 Å². The molecule has 4 aromatic carbocycles. The maximum Gasteiger partial charge on any atom is 0.340 e. The number of nitrogens with one attached hydrogen (secondary N) is 1. The second-order valence-electron chi connectivity index (χ2n) is 9.89. The Morgan fingerprint density at radius 1 is 0.816 bits per heavy atom. The first-order valence-electron chi connectivity index (χ1n) is 13.4. The average Bonchev–Trinajstić information content (AvgIpc) is 3.23. The molecule has 0 fully saturated rings. The molecule has 192 valence electrons. The van der Waals surface area contributed by atoms with Gasteiger partial charge >= 0.3 is 5.97 Å². The first-order valence-corrected chi connectivity index (χ1v) is 13.4. The molecule has 2 aliphatic heterocycles. The third-order valence-electron chi connectivity index (χ3n) is 7.75. The van der Waals surface area contributed by atoms with Crippen LogP contribution < -0.4 is 15.0 Å². The number of rotatable bonds is 6. The molecule has 1 spiro atoms. The van der Waals surface area contributed by atoms with E-state index in [4.69, 9.17) is 9.47 Å². The summed E-state index contributed by atoms with van der Waals surface area (Å²) in [6.07, 6.45) is 0.897. The second-order valence-corrected chi connectivity index (χ2v) is 9.89. The van der Waals surface area contributed by atoms with E-state index in [0.717, 1.165) is 53.3 Å². The van der Waals surface area contributed by atoms with E-state index in [2.05, 4.69) is 68.2 Å². The van der Waals surface area contributed by atoms with Crippen LogP contribution in [0.3, 0.4) is 0 Å². The van der Waals surface area contributed by atoms with Crippen LogP contribution in [0, 0.1) is 6.92 Å². The van der Waals surface area contributed by atoms with Crippen molar-refractivity contribution >= 4 is 23.0 Å². The maximum atomic E-state index is 13.4. The van der Waals surface area contributed by atoms with Crippen LogP contribution in [0.1, 0.15) is 58.9 Å². The molecule has 0 aromatic heterocycles. The molecule has 2 aliphatic rings. The molecule has 4 aromatic rings. The van der Waals surface area contributed by atoms with Crippen LogP contribution >= 0.6 is 0 Å². The van der Waals surface area contributed by atoms with E-state index in [0.29, 0.717) is 17.1 Å². The number of esters is 1. The summed E-state index contributed by atoms with van der Waals surface area (Å²) >= 11 is 0. The molecule has 0 saturated heterocycles. The van der Waals surface area contributed by atoms with Gasteiger partial charge in [-0.25, -0.2) is 4.79 Å². The largest absolute Gasteiger partial charge is 0.456 e. The van der Waals surface area contributed by atoms with Gasteiger partial charge in [-0.3, -0.25) is 0 Å². The summed E-state index contributed by atoms with van der Waals surface area (Å²) in [4.78, 5) is 15.7. The van der Waals surface area contributed by atoms with Gasteiger partial charge in [0.05, 0.1) is 16.8 Å². The molecule has 5 nitrogen and oxygen atoms in total. The molecule has 6 rings (SSSR count). The van der Waals surface area contributed by atoms with Crippen molar-refractivity contribution in [1.29, 1.82) is 0 Å². The van der Waals surface area contributed by atoms with Crippen LogP contribution in [0.5, 0.6) is 11.5 Å². The molecule has 0 aliphatic carbocycles. The van der Waals surface area contributed by atoms with Gasteiger partial charge in [-0.05, 0) is 75.2 Å². The molecule has 0 amide bonds. The molecule has 2 heterocycles. The number of aryl methyl sites for hydroxylation is 2. The molecule has 1 N–H and O–H groups in total. The Morgan fingerprint density at radius 2 is 1.63 bits per heavy atom. The zero-order chi connectivity index (χ0) is 26.4. The zero-order valence-corrected chi connectivity index (χ0v) is 22.3. The quantitative estimate of drug-likeness (QED) is 0.273. The Hall–Kier alpha value is -4.25. The van der Waals surface area contributed by atoms with Crippen LogP contribution in [0.4, 0.5) is 17.1 Å². The van der Waals surface area contributed by atoms with Gasteiger partial charge in [-0.15, -0.1) is 0 Å². The van der Waals surface area contributed by atoms with Crippen LogP contribution in [0.15, 0.2) is 78.9 Å². The molecule has 0 bridgehead atoms. The van der Waals surface area contributed by atoms with Crippen LogP contribution in [-0.2, 0) is 16.8 Å². The Labute approximate surface area is 224 Å². The minimum Gasteiger partial charge on any atom is -0.456 e. The van der Waals surface area contributed by atoms with Crippen LogP contribution in [-0.4, -0.2) is 19.1 Å². The smallest absolute Gasteiger partial charge is 0.340 e. The number of benzene rings is 4. The van der Waals surface area contributed by atoms with E-state index in [1.54, 1.807) is 0 Å². The fourth-order valence-electron chi connectivity index (χ4n) is 5.89. The zero-order valence-electron chi connectivity index (χ0n) is 22.3. The summed E-state index contributed by atoms with van der Waals surface area (Å²) in [7, 11) is 0. The van der Waals surface area contributed by atoms with E-state index >= 15 is 0 Å². The number of nitrogens with zero attached hydrogens (tertiary/aromatic N) is 1. The lowest BCUT2D eigenvalue weighted by molar-refractivity contribution is 0.0227. The van der Waals surface area contributed by atoms with Gasteiger partial charge in [0.15, 0.2) is 5.60 Å². The maximum absolute atomic E-state index is 13.4. The monoisotopic (exact) mass is 504 g/mol. The van der Waals surface area contributed by atoms with Crippen molar-refractivity contribution in [3.63, 3.8) is 0 Å². The molecule has 0 saturated carbocycles. The van der Waals surface area contributed by atoms with E-state index < -0.39 is 5.60 Å². The third kappa shape index (κ3) is 3.57. The van der Waals surface area contributed by atoms with Gasteiger partial charge in [0.2, 0.25) is 0 Å². The average molecular weight is 505 g/mol. The second kappa shape index (κ2) is 9.25. The lowest BCUT2D eigenvalue weighted by Gasteiger charge is -2.38. The van der Waals surface area contributed by atoms with Gasteiger partial charge in [-0.1, -0.05) is 48.9 Å². The normalized spacial score (nSPS) is 16.8. The van der Waals surface area contributed by atoms with Gasteiger partial charge in [0.1, 0.15) is 11.5 Å². The van der Waals surface area contributed by atoms with Crippen molar-refractivity contribution in [3.05, 3.63) is 112 Å². The molecule has 1 unspecified atom stereocenters. The third-order valence-corrected chi connectivity index (χ3v) is 7.75. The van der Waals surface area contributed by atoms with Gasteiger partial charge in [-0.2, -0.15) is 0 Å². The highest BCUT2D eigenvalue weighted by molar-refractivity contribution is 5.98. The van der Waals surface area contributed by atoms with Crippen molar-refractivity contribution < 1.29 is 14.3 Å². The lowest BCUT2D eigenvalue weighted by Crippen LogP contribution is -2.34. The number of carbonyl (C=O) groups is 1. The minimum atomic E-state index is -1.14. The minimum absolute atomic E-state index is 0.327. The fourth-order valence-corrected chi connectivity index (χ4v) is 5.89. The highest BCUT2D eigenvalue weighted by Gasteiger charge is 2.54. The number of carbonyl (C=O) groups excluding carboxylic acids is 1. The van der Waals surface area contributed by atoms with Gasteiger partial charge < -0.3 is 19.7 Å². The number of hydrogen-bond donors (Lipinski definition) is 1. The number of anilines is 3. The summed E-state index contributed by atoms with van der Waals surface area (Å²) in [5.74, 6) is 1.04. The first-order chi connectivity index (χ1) is 18.5. The number of fused-ring (bicyclic) bond motifs is 6. The van der Waals surface area contributed by atoms with Crippen LogP contribution in [0.25, 0.3) is 0 Å². The fraction of sp³-hybridized carbons (Fsp3) is 0.242. The van der Waals surface area contributed by atoms with E-state index in [1.807, 2.05) is 48.5 Å². The van der Waals surface area contributed by atoms with Crippen LogP contribution in [0.2, 0.25) is 0 Å². The van der Waals surface area contributed by atoms with Crippen molar-refractivity contribution in [2.24, 2.45) is 0 Å². The number of hydrogen-bond acceptors (Lipinski definition) is 5. The Kier molecular flexibility index (Phi) is 5.87. The lowest BCUT2D eigenvalue weighted by atomic mass is 9.76. The van der Waals surface area contributed by atoms with Crippen molar-refractivity contribution in [2.45, 2.75) is 39.7 Å². The summed E-state index contributed by atoms with van der Waals surface area (Å²) in [6.45, 7) is 10.3. The summed E-state index contributed by atoms with van der Waals surface area (Å²) in [5.41, 5.74) is 7.32. The first kappa shape index (κ1) is 24.1. The van der Waals surface area contributed by atoms with Crippen molar-refractivity contribution in [3.8, 4) is 11.5 Å². The molecular formula is C33H32N2O3. The Bertz CT molecular complexity index is 1560. The number of ether oxygens (including phenoxy) is 2. The molecular weight excluding hydrogens is 472 g/mol. The summed E-state index contributed by atoms with van der Waals surface area (Å²) in [6, 6.07) is 26.3. The molecule has 5 heteroatoms. The topological polar surface area (TPSA) is 50.8 Å². The highest BCUT2D eigenvalue weighted by Crippen LogP contribution is 2.58. The Balaban J connectivity index is 1.62. The summed E-state index contributed by atoms with van der Waals surface area (Å²) < 4.78 is 13.0. The molecule has 38 heavy (non-hydrogen) atoms. The highest BCUT2D eigenvalue weighted by atomic mass is 16.6. The van der Waals surface area contributed by atoms with E-state index in [-0.39, 0.29) is 5.97 Å². The summed E-state index contributed by atoms with van der Waals surface area (Å²) in [5, 5.41) is 3.68. The van der Waals surface area contributed by atoms with E-state index in [1.165, 1.54) is 11.1 Å². The molecule has 0 radical (unpaired) electrons. The molecule has 1 atom stereocenters. The van der Waals surface area contributed by atoms with Crippen molar-refractivity contribution in [1.82, 2.24) is 0 Å². The van der Waals surface area contributed by atoms with Gasteiger partial charge in [0, 0.05) is 35.6 Å². The standard InChI is InChI=1S/C33H32N2O3/c1-5-22-19-21(4)15-17-27(22)34-28-13-10-14-30-31(28)33(25-12-9-8-11-24(25)32(36)38-33)26-20-23(35(6-2)7-3)16-18-29(26)37-30/h8-20,34H,5-7H2,1-4H3. The predicted molar refractivity (Wildman–Crippen MR) is 152 cm³/mol. The SMILES string of the molecule is CCc1cc(C)ccc1Nc1cccc2c1C1(OC(=O)c3ccccc31)c1cc(N(CC)CC)ccc1O2. The van der Waals surface area contributed by atoms with Crippen molar-refractivity contribution in [2.75, 3.05) is 23.3 Å². The Morgan fingerprint density at radius 3 is 2.42 bits per heavy atom. The predicted octanol–water partition coefficient (Wildman–Crippen LogP) is 7.72.